The fourth-order valence-corrected chi connectivity index (χ4v) is 4.07. The molecule has 0 heterocycles. The Bertz CT molecular complexity index is 562. The van der Waals surface area contributed by atoms with Gasteiger partial charge in [0.15, 0.2) is 0 Å². The van der Waals surface area contributed by atoms with Gasteiger partial charge in [0.1, 0.15) is 0 Å². The first-order valence-corrected chi connectivity index (χ1v) is 7.92. The van der Waals surface area contributed by atoms with Crippen molar-refractivity contribution in [2.24, 2.45) is 5.73 Å². The van der Waals surface area contributed by atoms with Crippen molar-refractivity contribution in [1.82, 2.24) is 4.72 Å². The normalized spacial score (nSPS) is 26.7. The second-order valence-corrected chi connectivity index (χ2v) is 7.05. The van der Waals surface area contributed by atoms with Crippen LogP contribution in [-0.4, -0.2) is 20.5 Å². The predicted molar refractivity (Wildman–Crippen MR) is 69.8 cm³/mol. The summed E-state index contributed by atoms with van der Waals surface area (Å²) in [5, 5.41) is 0. The molecule has 1 aromatic carbocycles. The Kier molecular flexibility index (Phi) is 2.92. The third kappa shape index (κ3) is 2.18. The summed E-state index contributed by atoms with van der Waals surface area (Å²) in [6, 6.07) is 5.65. The minimum Gasteiger partial charge on any atom is -0.328 e. The Hall–Kier alpha value is -0.910. The first-order chi connectivity index (χ1) is 8.54. The van der Waals surface area contributed by atoms with Crippen LogP contribution in [0.4, 0.5) is 0 Å². The molecule has 1 aromatic rings. The van der Waals surface area contributed by atoms with E-state index in [1.165, 1.54) is 11.1 Å². The molecule has 1 saturated carbocycles. The van der Waals surface area contributed by atoms with Gasteiger partial charge in [-0.1, -0.05) is 6.07 Å². The summed E-state index contributed by atoms with van der Waals surface area (Å²) in [5.74, 6) is 0. The number of nitrogens with one attached hydrogen (secondary N) is 1. The van der Waals surface area contributed by atoms with Crippen LogP contribution >= 0.6 is 0 Å². The van der Waals surface area contributed by atoms with Crippen molar-refractivity contribution < 1.29 is 8.42 Å². The third-order valence-corrected chi connectivity index (χ3v) is 5.39. The molecule has 0 spiro atoms. The zero-order chi connectivity index (χ0) is 12.8. The maximum Gasteiger partial charge on any atom is 0.240 e. The SMILES string of the molecule is NC1CC(NS(=O)(=O)c2ccc3c(c2)CCC3)C1. The summed E-state index contributed by atoms with van der Waals surface area (Å²) in [6.07, 6.45) is 4.67. The molecule has 4 nitrogen and oxygen atoms in total. The monoisotopic (exact) mass is 266 g/mol. The van der Waals surface area contributed by atoms with Gasteiger partial charge in [-0.25, -0.2) is 13.1 Å². The van der Waals surface area contributed by atoms with E-state index in [0.717, 1.165) is 32.1 Å². The number of fused-ring (bicyclic) bond motifs is 1. The molecule has 0 aliphatic heterocycles. The van der Waals surface area contributed by atoms with Crippen LogP contribution in [0.25, 0.3) is 0 Å². The number of rotatable bonds is 3. The molecule has 2 aliphatic carbocycles. The molecule has 5 heteroatoms. The van der Waals surface area contributed by atoms with Crippen molar-refractivity contribution in [2.45, 2.75) is 49.1 Å². The number of nitrogens with two attached hydrogens (primary N) is 1. The van der Waals surface area contributed by atoms with E-state index in [9.17, 15) is 8.42 Å². The molecular weight excluding hydrogens is 248 g/mol. The molecule has 0 unspecified atom stereocenters. The Labute approximate surface area is 108 Å². The molecule has 0 amide bonds. The summed E-state index contributed by atoms with van der Waals surface area (Å²) in [4.78, 5) is 0.392. The number of hydrogen-bond acceptors (Lipinski definition) is 3. The third-order valence-electron chi connectivity index (χ3n) is 3.88. The van der Waals surface area contributed by atoms with E-state index in [2.05, 4.69) is 4.72 Å². The lowest BCUT2D eigenvalue weighted by atomic mass is 9.89. The van der Waals surface area contributed by atoms with Crippen LogP contribution < -0.4 is 10.5 Å². The van der Waals surface area contributed by atoms with E-state index in [1.54, 1.807) is 6.07 Å². The first kappa shape index (κ1) is 12.1. The quantitative estimate of drug-likeness (QED) is 0.855. The van der Waals surface area contributed by atoms with E-state index in [0.29, 0.717) is 4.90 Å². The van der Waals surface area contributed by atoms with Gasteiger partial charge in [-0.05, 0) is 55.4 Å². The molecule has 3 rings (SSSR count). The maximum atomic E-state index is 12.2. The van der Waals surface area contributed by atoms with Crippen LogP contribution in [0, 0.1) is 0 Å². The van der Waals surface area contributed by atoms with E-state index < -0.39 is 10.0 Å². The summed E-state index contributed by atoms with van der Waals surface area (Å²) in [7, 11) is -3.37. The van der Waals surface area contributed by atoms with E-state index in [1.807, 2.05) is 12.1 Å². The molecule has 1 fully saturated rings. The highest BCUT2D eigenvalue weighted by Gasteiger charge is 2.30. The summed E-state index contributed by atoms with van der Waals surface area (Å²) in [6.45, 7) is 0. The summed E-state index contributed by atoms with van der Waals surface area (Å²) >= 11 is 0. The van der Waals surface area contributed by atoms with Crippen LogP contribution in [0.15, 0.2) is 23.1 Å². The molecule has 0 bridgehead atoms. The Balaban J connectivity index is 1.80. The van der Waals surface area contributed by atoms with Crippen LogP contribution in [-0.2, 0) is 22.9 Å². The van der Waals surface area contributed by atoms with Crippen molar-refractivity contribution in [1.29, 1.82) is 0 Å². The van der Waals surface area contributed by atoms with Gasteiger partial charge in [-0.15, -0.1) is 0 Å². The molecule has 0 radical (unpaired) electrons. The molecule has 3 N–H and O–H groups in total. The van der Waals surface area contributed by atoms with Crippen LogP contribution in [0.1, 0.15) is 30.4 Å². The fourth-order valence-electron chi connectivity index (χ4n) is 2.76. The summed E-state index contributed by atoms with van der Waals surface area (Å²) < 4.78 is 27.1. The summed E-state index contributed by atoms with van der Waals surface area (Å²) in [5.41, 5.74) is 8.14. The largest absolute Gasteiger partial charge is 0.328 e. The van der Waals surface area contributed by atoms with Crippen molar-refractivity contribution in [3.63, 3.8) is 0 Å². The van der Waals surface area contributed by atoms with Gasteiger partial charge in [0.2, 0.25) is 10.0 Å². The van der Waals surface area contributed by atoms with Gasteiger partial charge < -0.3 is 5.73 Å². The average molecular weight is 266 g/mol. The minimum absolute atomic E-state index is 0.0123. The minimum atomic E-state index is -3.37. The number of aryl methyl sites for hydroxylation is 2. The van der Waals surface area contributed by atoms with E-state index in [4.69, 9.17) is 5.73 Å². The van der Waals surface area contributed by atoms with Crippen LogP contribution in [0.3, 0.4) is 0 Å². The van der Waals surface area contributed by atoms with Crippen molar-refractivity contribution in [3.8, 4) is 0 Å². The predicted octanol–water partition coefficient (Wildman–Crippen LogP) is 0.943. The molecule has 2 aliphatic rings. The molecule has 0 atom stereocenters. The Morgan fingerprint density at radius 2 is 1.89 bits per heavy atom. The smallest absolute Gasteiger partial charge is 0.240 e. The molecule has 0 aromatic heterocycles. The first-order valence-electron chi connectivity index (χ1n) is 6.44. The average Bonchev–Trinajstić information content (AvgIpc) is 2.73. The van der Waals surface area contributed by atoms with E-state index >= 15 is 0 Å². The molecule has 18 heavy (non-hydrogen) atoms. The van der Waals surface area contributed by atoms with Crippen LogP contribution in [0.2, 0.25) is 0 Å². The number of hydrogen-bond donors (Lipinski definition) is 2. The van der Waals surface area contributed by atoms with Gasteiger partial charge in [0, 0.05) is 12.1 Å². The Morgan fingerprint density at radius 3 is 2.61 bits per heavy atom. The van der Waals surface area contributed by atoms with Crippen molar-refractivity contribution >= 4 is 10.0 Å². The van der Waals surface area contributed by atoms with Crippen LogP contribution in [0.5, 0.6) is 0 Å². The highest BCUT2D eigenvalue weighted by Crippen LogP contribution is 2.26. The lowest BCUT2D eigenvalue weighted by Crippen LogP contribution is -2.50. The number of sulfonamides is 1. The molecule has 0 saturated heterocycles. The Morgan fingerprint density at radius 1 is 1.17 bits per heavy atom. The maximum absolute atomic E-state index is 12.2. The zero-order valence-corrected chi connectivity index (χ0v) is 11.0. The van der Waals surface area contributed by atoms with Gasteiger partial charge in [-0.3, -0.25) is 0 Å². The topological polar surface area (TPSA) is 72.2 Å². The lowest BCUT2D eigenvalue weighted by Gasteiger charge is -2.32. The fraction of sp³-hybridized carbons (Fsp3) is 0.538. The second-order valence-electron chi connectivity index (χ2n) is 5.33. The molecular formula is C13H18N2O2S. The van der Waals surface area contributed by atoms with Crippen molar-refractivity contribution in [3.05, 3.63) is 29.3 Å². The van der Waals surface area contributed by atoms with Gasteiger partial charge in [0.25, 0.3) is 0 Å². The standard InChI is InChI=1S/C13H18N2O2S/c14-11-7-12(8-11)15-18(16,17)13-5-4-9-2-1-3-10(9)6-13/h4-6,11-12,15H,1-3,7-8,14H2. The van der Waals surface area contributed by atoms with Gasteiger partial charge in [0.05, 0.1) is 4.90 Å². The number of benzene rings is 1. The lowest BCUT2D eigenvalue weighted by molar-refractivity contribution is 0.327. The molecule has 98 valence electrons. The second kappa shape index (κ2) is 4.33. The van der Waals surface area contributed by atoms with E-state index in [-0.39, 0.29) is 12.1 Å². The highest BCUT2D eigenvalue weighted by atomic mass is 32.2. The van der Waals surface area contributed by atoms with Gasteiger partial charge >= 0.3 is 0 Å². The highest BCUT2D eigenvalue weighted by molar-refractivity contribution is 7.89. The zero-order valence-electron chi connectivity index (χ0n) is 10.2. The van der Waals surface area contributed by atoms with Gasteiger partial charge in [-0.2, -0.15) is 0 Å². The van der Waals surface area contributed by atoms with Crippen molar-refractivity contribution in [2.75, 3.05) is 0 Å².